The third kappa shape index (κ3) is 8.96. The Balaban J connectivity index is 0. The summed E-state index contributed by atoms with van der Waals surface area (Å²) in [6.07, 6.45) is 0. The van der Waals surface area contributed by atoms with E-state index in [1.54, 1.807) is 0 Å². The van der Waals surface area contributed by atoms with Crippen molar-refractivity contribution >= 4 is 31.1 Å². The van der Waals surface area contributed by atoms with Crippen LogP contribution < -0.4 is 24.8 Å². The van der Waals surface area contributed by atoms with Gasteiger partial charge < -0.3 is 24.8 Å². The van der Waals surface area contributed by atoms with Gasteiger partial charge in [0, 0.05) is 0 Å². The molecule has 0 fully saturated rings. The number of hydrogen-bond donors (Lipinski definition) is 0. The normalized spacial score (nSPS) is 8.31. The zero-order valence-electron chi connectivity index (χ0n) is 14.4. The molecule has 0 heterocycles. The van der Waals surface area contributed by atoms with Gasteiger partial charge in [0.1, 0.15) is 0 Å². The fourth-order valence-corrected chi connectivity index (χ4v) is 2.39. The minimum atomic E-state index is 0. The third-order valence-electron chi connectivity index (χ3n) is 3.33. The predicted molar refractivity (Wildman–Crippen MR) is 105 cm³/mol. The molecule has 0 aliphatic heterocycles. The molecule has 0 amide bonds. The predicted octanol–water partition coefficient (Wildman–Crippen LogP) is 0.101. The molecular formula is C22H20Cl2SiZr. The minimum Gasteiger partial charge on any atom is -1.00 e. The van der Waals surface area contributed by atoms with Crippen molar-refractivity contribution in [3.63, 3.8) is 0 Å². The standard InChI is InChI=1S/2C9H7.C4H6Si.2ClH.Zr/c2*1-2-5-9-7-3-6-8(9)4-1;1-3-5-4-2;;;/h2*1-7H;3-4H,1-2H2;2*1H;/q2*-1;;;;+4/p-2. The summed E-state index contributed by atoms with van der Waals surface area (Å²) in [5, 5.41) is 5.32. The zero-order chi connectivity index (χ0) is 16.3. The first-order valence-electron chi connectivity index (χ1n) is 7.54. The summed E-state index contributed by atoms with van der Waals surface area (Å²) < 4.78 is 0. The smallest absolute Gasteiger partial charge is 1.00 e. The second-order valence-corrected chi connectivity index (χ2v) is 6.03. The summed E-state index contributed by atoms with van der Waals surface area (Å²) >= 11 is 0. The van der Waals surface area contributed by atoms with Gasteiger partial charge in [0.05, 0.1) is 9.52 Å². The van der Waals surface area contributed by atoms with Crippen molar-refractivity contribution in [3.05, 3.63) is 109 Å². The van der Waals surface area contributed by atoms with Gasteiger partial charge in [-0.25, -0.2) is 0 Å². The molecule has 0 spiro atoms. The molecule has 4 heteroatoms. The largest absolute Gasteiger partial charge is 4.00 e. The molecule has 2 radical (unpaired) electrons. The minimum absolute atomic E-state index is 0. The van der Waals surface area contributed by atoms with Crippen molar-refractivity contribution in [2.45, 2.75) is 0 Å². The second-order valence-electron chi connectivity index (χ2n) is 4.88. The fraction of sp³-hybridized carbons (Fsp3) is 0. The van der Waals surface area contributed by atoms with Crippen molar-refractivity contribution in [1.82, 2.24) is 0 Å². The Morgan fingerprint density at radius 1 is 0.654 bits per heavy atom. The molecule has 0 aliphatic rings. The molecule has 4 aromatic rings. The van der Waals surface area contributed by atoms with E-state index < -0.39 is 0 Å². The fourth-order valence-electron chi connectivity index (χ4n) is 2.22. The van der Waals surface area contributed by atoms with E-state index in [9.17, 15) is 0 Å². The maximum atomic E-state index is 3.49. The molecule has 26 heavy (non-hydrogen) atoms. The zero-order valence-corrected chi connectivity index (χ0v) is 19.4. The Labute approximate surface area is 190 Å². The first kappa shape index (κ1) is 27.0. The van der Waals surface area contributed by atoms with Gasteiger partial charge in [0.25, 0.3) is 0 Å². The van der Waals surface area contributed by atoms with Crippen molar-refractivity contribution in [3.8, 4) is 0 Å². The molecule has 0 bridgehead atoms. The Kier molecular flexibility index (Phi) is 16.7. The SMILES string of the molecule is C=C[Si]C=C.[Cl-].[Cl-].[Zr+4].c1ccc2[cH-]ccc2c1.c1ccc2[cH-]ccc2c1. The van der Waals surface area contributed by atoms with Gasteiger partial charge in [-0.15, -0.1) is 83.9 Å². The van der Waals surface area contributed by atoms with Crippen molar-refractivity contribution in [1.29, 1.82) is 0 Å². The molecule has 130 valence electrons. The summed E-state index contributed by atoms with van der Waals surface area (Å²) in [5.41, 5.74) is 3.68. The number of benzene rings is 2. The van der Waals surface area contributed by atoms with E-state index in [4.69, 9.17) is 0 Å². The van der Waals surface area contributed by atoms with Crippen LogP contribution in [-0.2, 0) is 26.2 Å². The maximum Gasteiger partial charge on any atom is 4.00 e. The van der Waals surface area contributed by atoms with E-state index in [0.717, 1.165) is 9.52 Å². The van der Waals surface area contributed by atoms with Crippen LogP contribution in [0.3, 0.4) is 0 Å². The first-order chi connectivity index (χ1) is 11.3. The van der Waals surface area contributed by atoms with Crippen LogP contribution >= 0.6 is 0 Å². The van der Waals surface area contributed by atoms with Crippen molar-refractivity contribution < 1.29 is 51.0 Å². The van der Waals surface area contributed by atoms with Crippen molar-refractivity contribution in [2.75, 3.05) is 0 Å². The molecule has 4 rings (SSSR count). The summed E-state index contributed by atoms with van der Waals surface area (Å²) in [6.45, 7) is 6.98. The van der Waals surface area contributed by atoms with Gasteiger partial charge in [0.2, 0.25) is 0 Å². The van der Waals surface area contributed by atoms with Crippen LogP contribution in [0.4, 0.5) is 0 Å². The summed E-state index contributed by atoms with van der Waals surface area (Å²) in [6, 6.07) is 29.3. The van der Waals surface area contributed by atoms with E-state index in [0.29, 0.717) is 0 Å². The molecule has 0 saturated heterocycles. The maximum absolute atomic E-state index is 3.49. The molecule has 0 aromatic heterocycles. The van der Waals surface area contributed by atoms with Crippen LogP contribution in [0, 0.1) is 0 Å². The Morgan fingerprint density at radius 3 is 1.35 bits per heavy atom. The van der Waals surface area contributed by atoms with E-state index in [1.807, 2.05) is 11.4 Å². The number of rotatable bonds is 2. The van der Waals surface area contributed by atoms with Crippen LogP contribution in [-0.4, -0.2) is 9.52 Å². The van der Waals surface area contributed by atoms with Crippen LogP contribution in [0.25, 0.3) is 21.5 Å². The van der Waals surface area contributed by atoms with Crippen LogP contribution in [0.1, 0.15) is 0 Å². The second kappa shape index (κ2) is 16.0. The molecular weight excluding hydrogens is 454 g/mol. The van der Waals surface area contributed by atoms with Gasteiger partial charge in [-0.2, -0.15) is 35.0 Å². The molecule has 0 nitrogen and oxygen atoms in total. The van der Waals surface area contributed by atoms with E-state index in [2.05, 4.69) is 98.1 Å². The van der Waals surface area contributed by atoms with E-state index in [1.165, 1.54) is 21.5 Å². The van der Waals surface area contributed by atoms with Gasteiger partial charge in [-0.3, -0.25) is 0 Å². The van der Waals surface area contributed by atoms with Crippen LogP contribution in [0.5, 0.6) is 0 Å². The van der Waals surface area contributed by atoms with Crippen LogP contribution in [0.2, 0.25) is 0 Å². The number of fused-ring (bicyclic) bond motifs is 2. The Hall–Kier alpha value is -1.18. The quantitative estimate of drug-likeness (QED) is 0.286. The average molecular weight is 475 g/mol. The molecule has 0 aliphatic carbocycles. The average Bonchev–Trinajstić information content (AvgIpc) is 3.26. The summed E-state index contributed by atoms with van der Waals surface area (Å²) in [7, 11) is 0.725. The van der Waals surface area contributed by atoms with Crippen LogP contribution in [0.15, 0.2) is 109 Å². The van der Waals surface area contributed by atoms with E-state index >= 15 is 0 Å². The molecule has 0 N–H and O–H groups in total. The Morgan fingerprint density at radius 2 is 1.04 bits per heavy atom. The van der Waals surface area contributed by atoms with Crippen molar-refractivity contribution in [2.24, 2.45) is 0 Å². The van der Waals surface area contributed by atoms with Gasteiger partial charge in [0.15, 0.2) is 0 Å². The third-order valence-corrected chi connectivity index (χ3v) is 3.80. The number of halogens is 2. The topological polar surface area (TPSA) is 0 Å². The molecule has 0 unspecified atom stereocenters. The molecule has 0 saturated carbocycles. The summed E-state index contributed by atoms with van der Waals surface area (Å²) in [4.78, 5) is 0. The molecule has 0 atom stereocenters. The Bertz CT molecular complexity index is 732. The van der Waals surface area contributed by atoms with E-state index in [-0.39, 0.29) is 51.0 Å². The van der Waals surface area contributed by atoms with Gasteiger partial charge in [-0.1, -0.05) is 12.1 Å². The summed E-state index contributed by atoms with van der Waals surface area (Å²) in [5.74, 6) is 0. The van der Waals surface area contributed by atoms with Gasteiger partial charge in [-0.05, 0) is 0 Å². The monoisotopic (exact) mass is 472 g/mol. The molecule has 4 aromatic carbocycles. The van der Waals surface area contributed by atoms with Gasteiger partial charge >= 0.3 is 26.2 Å². The first-order valence-corrected chi connectivity index (χ1v) is 8.69. The number of hydrogen-bond acceptors (Lipinski definition) is 0.